The van der Waals surface area contributed by atoms with Gasteiger partial charge in [-0.2, -0.15) is 0 Å². The van der Waals surface area contributed by atoms with Crippen LogP contribution in [0.2, 0.25) is 0 Å². The van der Waals surface area contributed by atoms with Crippen LogP contribution in [-0.2, 0) is 19.6 Å². The second kappa shape index (κ2) is 6.09. The van der Waals surface area contributed by atoms with Crippen molar-refractivity contribution in [3.63, 3.8) is 0 Å². The van der Waals surface area contributed by atoms with Gasteiger partial charge >= 0.3 is 0 Å². The van der Waals surface area contributed by atoms with Gasteiger partial charge in [0.1, 0.15) is 12.4 Å². The van der Waals surface area contributed by atoms with Gasteiger partial charge in [-0.1, -0.05) is 42.2 Å². The van der Waals surface area contributed by atoms with Crippen LogP contribution >= 0.6 is 0 Å². The van der Waals surface area contributed by atoms with E-state index in [9.17, 15) is 4.39 Å². The van der Waals surface area contributed by atoms with Gasteiger partial charge in [-0.15, -0.1) is 0 Å². The monoisotopic (exact) mass is 281 g/mol. The van der Waals surface area contributed by atoms with E-state index in [1.54, 1.807) is 6.07 Å². The Morgan fingerprint density at radius 3 is 2.48 bits per heavy atom. The van der Waals surface area contributed by atoms with Crippen LogP contribution in [0.4, 0.5) is 4.39 Å². The van der Waals surface area contributed by atoms with Crippen molar-refractivity contribution in [3.05, 3.63) is 70.5 Å². The largest absolute Gasteiger partial charge is 0.384 e. The Labute approximate surface area is 123 Å². The highest BCUT2D eigenvalue weighted by Crippen LogP contribution is 2.24. The Balaban J connectivity index is 1.80. The van der Waals surface area contributed by atoms with Crippen LogP contribution in [0.25, 0.3) is 0 Å². The van der Waals surface area contributed by atoms with Crippen molar-refractivity contribution in [2.45, 2.75) is 19.6 Å². The van der Waals surface area contributed by atoms with Gasteiger partial charge in [0.2, 0.25) is 0 Å². The molecule has 0 amide bonds. The highest BCUT2D eigenvalue weighted by atomic mass is 19.1. The van der Waals surface area contributed by atoms with Crippen molar-refractivity contribution in [2.75, 3.05) is 6.61 Å². The van der Waals surface area contributed by atoms with Crippen LogP contribution in [0.1, 0.15) is 22.3 Å². The number of aliphatic hydroxyl groups is 1. The summed E-state index contributed by atoms with van der Waals surface area (Å²) < 4.78 is 13.4. The van der Waals surface area contributed by atoms with E-state index in [1.807, 2.05) is 0 Å². The molecule has 2 nitrogen and oxygen atoms in total. The first-order chi connectivity index (χ1) is 10.3. The fourth-order valence-corrected chi connectivity index (χ4v) is 2.69. The Hall–Kier alpha value is -2.15. The number of aliphatic hydroxyl groups excluding tert-OH is 1. The van der Waals surface area contributed by atoms with Crippen LogP contribution in [-0.4, -0.2) is 16.6 Å². The predicted octanol–water partition coefficient (Wildman–Crippen LogP) is 2.69. The van der Waals surface area contributed by atoms with Crippen LogP contribution < -0.4 is 0 Å². The molecular weight excluding hydrogens is 265 g/mol. The van der Waals surface area contributed by atoms with Crippen molar-refractivity contribution in [1.29, 1.82) is 0 Å². The highest BCUT2D eigenvalue weighted by molar-refractivity contribution is 5.42. The van der Waals surface area contributed by atoms with E-state index in [4.69, 9.17) is 5.11 Å². The lowest BCUT2D eigenvalue weighted by Crippen LogP contribution is -2.16. The third-order valence-corrected chi connectivity index (χ3v) is 3.67. The summed E-state index contributed by atoms with van der Waals surface area (Å²) in [6.45, 7) is 2.32. The summed E-state index contributed by atoms with van der Waals surface area (Å²) >= 11 is 0. The summed E-state index contributed by atoms with van der Waals surface area (Å²) in [5.41, 5.74) is 4.34. The van der Waals surface area contributed by atoms with Gasteiger partial charge in [-0.3, -0.25) is 4.90 Å². The number of halogens is 1. The molecule has 106 valence electrons. The summed E-state index contributed by atoms with van der Waals surface area (Å²) in [7, 11) is 0. The fourth-order valence-electron chi connectivity index (χ4n) is 2.69. The maximum Gasteiger partial charge on any atom is 0.124 e. The SMILES string of the molecule is OCC#Cc1cc(F)ccc1CN1Cc2ccccc2C1. The quantitative estimate of drug-likeness (QED) is 0.856. The van der Waals surface area contributed by atoms with E-state index in [2.05, 4.69) is 41.0 Å². The highest BCUT2D eigenvalue weighted by Gasteiger charge is 2.19. The van der Waals surface area contributed by atoms with Crippen molar-refractivity contribution >= 4 is 0 Å². The molecule has 3 rings (SSSR count). The molecule has 0 unspecified atom stereocenters. The number of rotatable bonds is 2. The Morgan fingerprint density at radius 2 is 1.81 bits per heavy atom. The molecule has 0 spiro atoms. The zero-order valence-electron chi connectivity index (χ0n) is 11.6. The number of benzene rings is 2. The van der Waals surface area contributed by atoms with E-state index in [0.29, 0.717) is 5.56 Å². The number of nitrogens with zero attached hydrogens (tertiary/aromatic N) is 1. The number of hydrogen-bond donors (Lipinski definition) is 1. The molecule has 0 bridgehead atoms. The molecule has 2 aromatic carbocycles. The van der Waals surface area contributed by atoms with E-state index >= 15 is 0 Å². The molecule has 0 saturated carbocycles. The Kier molecular flexibility index (Phi) is 4.01. The average Bonchev–Trinajstić information content (AvgIpc) is 2.89. The van der Waals surface area contributed by atoms with Gasteiger partial charge in [0.15, 0.2) is 0 Å². The molecule has 1 N–H and O–H groups in total. The fraction of sp³-hybridized carbons (Fsp3) is 0.222. The third-order valence-electron chi connectivity index (χ3n) is 3.67. The van der Waals surface area contributed by atoms with Gasteiger partial charge in [-0.05, 0) is 28.8 Å². The molecule has 1 aliphatic heterocycles. The molecule has 0 aliphatic carbocycles. The Bertz CT molecular complexity index is 690. The minimum absolute atomic E-state index is 0.217. The first-order valence-corrected chi connectivity index (χ1v) is 6.93. The van der Waals surface area contributed by atoms with E-state index in [-0.39, 0.29) is 12.4 Å². The van der Waals surface area contributed by atoms with Crippen molar-refractivity contribution in [3.8, 4) is 11.8 Å². The first-order valence-electron chi connectivity index (χ1n) is 6.93. The van der Waals surface area contributed by atoms with E-state index < -0.39 is 0 Å². The third kappa shape index (κ3) is 3.13. The number of hydrogen-bond acceptors (Lipinski definition) is 2. The molecule has 1 aliphatic rings. The second-order valence-electron chi connectivity index (χ2n) is 5.18. The maximum absolute atomic E-state index is 13.4. The van der Waals surface area contributed by atoms with Crippen LogP contribution in [0.5, 0.6) is 0 Å². The summed E-state index contributed by atoms with van der Waals surface area (Å²) in [4.78, 5) is 2.31. The minimum atomic E-state index is -0.300. The van der Waals surface area contributed by atoms with Crippen molar-refractivity contribution in [2.24, 2.45) is 0 Å². The van der Waals surface area contributed by atoms with Crippen LogP contribution in [0, 0.1) is 17.7 Å². The first kappa shape index (κ1) is 13.8. The van der Waals surface area contributed by atoms with Crippen molar-refractivity contribution in [1.82, 2.24) is 4.90 Å². The molecule has 0 atom stereocenters. The zero-order chi connectivity index (χ0) is 14.7. The number of fused-ring (bicyclic) bond motifs is 1. The van der Waals surface area contributed by atoms with Gasteiger partial charge in [0.25, 0.3) is 0 Å². The standard InChI is InChI=1S/C18H16FNO/c19-18-8-7-17(14(10-18)6-3-9-21)13-20-11-15-4-1-2-5-16(15)12-20/h1-2,4-5,7-8,10,21H,9,11-13H2. The lowest BCUT2D eigenvalue weighted by molar-refractivity contribution is 0.275. The Morgan fingerprint density at radius 1 is 1.10 bits per heavy atom. The molecule has 2 aromatic rings. The predicted molar refractivity (Wildman–Crippen MR) is 79.8 cm³/mol. The zero-order valence-corrected chi connectivity index (χ0v) is 11.6. The van der Waals surface area contributed by atoms with E-state index in [1.165, 1.54) is 23.3 Å². The molecule has 3 heteroatoms. The van der Waals surface area contributed by atoms with Gasteiger partial charge in [-0.25, -0.2) is 4.39 Å². The summed E-state index contributed by atoms with van der Waals surface area (Å²) in [5, 5.41) is 8.81. The molecule has 0 aromatic heterocycles. The molecular formula is C18H16FNO. The summed E-state index contributed by atoms with van der Waals surface area (Å²) in [6, 6.07) is 13.1. The second-order valence-corrected chi connectivity index (χ2v) is 5.18. The normalized spacial score (nSPS) is 13.6. The lowest BCUT2D eigenvalue weighted by atomic mass is 10.1. The molecule has 0 saturated heterocycles. The van der Waals surface area contributed by atoms with E-state index in [0.717, 1.165) is 25.2 Å². The molecule has 1 heterocycles. The summed E-state index contributed by atoms with van der Waals surface area (Å²) in [6.07, 6.45) is 0. The van der Waals surface area contributed by atoms with Gasteiger partial charge in [0.05, 0.1) is 0 Å². The molecule has 21 heavy (non-hydrogen) atoms. The lowest BCUT2D eigenvalue weighted by Gasteiger charge is -2.16. The summed E-state index contributed by atoms with van der Waals surface area (Å²) in [5.74, 6) is 5.13. The van der Waals surface area contributed by atoms with Gasteiger partial charge < -0.3 is 5.11 Å². The van der Waals surface area contributed by atoms with Crippen LogP contribution in [0.15, 0.2) is 42.5 Å². The maximum atomic E-state index is 13.4. The molecule has 0 radical (unpaired) electrons. The van der Waals surface area contributed by atoms with Crippen LogP contribution in [0.3, 0.4) is 0 Å². The average molecular weight is 281 g/mol. The van der Waals surface area contributed by atoms with Gasteiger partial charge in [0, 0.05) is 25.2 Å². The topological polar surface area (TPSA) is 23.5 Å². The molecule has 0 fully saturated rings. The minimum Gasteiger partial charge on any atom is -0.384 e. The smallest absolute Gasteiger partial charge is 0.124 e. The van der Waals surface area contributed by atoms with Crippen molar-refractivity contribution < 1.29 is 9.50 Å².